The van der Waals surface area contributed by atoms with Gasteiger partial charge in [0.1, 0.15) is 14.3 Å². The van der Waals surface area contributed by atoms with Crippen molar-refractivity contribution in [2.75, 3.05) is 0 Å². The largest absolute Gasteiger partial charge is 2.00 e. The minimum absolute atomic E-state index is 0. The van der Waals surface area contributed by atoms with Crippen LogP contribution in [0.5, 0.6) is 0 Å². The Hall–Kier alpha value is -5.83. The number of pyridine rings is 2. The molecule has 10 rings (SSSR count). The van der Waals surface area contributed by atoms with Crippen molar-refractivity contribution in [3.8, 4) is 28.5 Å². The van der Waals surface area contributed by atoms with Gasteiger partial charge in [-0.05, 0) is 23.5 Å². The number of aromatic nitrogens is 7. The van der Waals surface area contributed by atoms with Gasteiger partial charge in [-0.15, -0.1) is 92.2 Å². The molecular formula is C48H29N7O2P2PdPt. The van der Waals surface area contributed by atoms with E-state index in [1.54, 1.807) is 17.0 Å². The predicted octanol–water partition coefficient (Wildman–Crippen LogP) is 6.96. The van der Waals surface area contributed by atoms with Crippen LogP contribution in [0.2, 0.25) is 0 Å². The van der Waals surface area contributed by atoms with Crippen molar-refractivity contribution in [1.29, 1.82) is 0 Å². The first-order chi connectivity index (χ1) is 29.0. The van der Waals surface area contributed by atoms with Crippen molar-refractivity contribution in [2.24, 2.45) is 0 Å². The van der Waals surface area contributed by atoms with E-state index in [-0.39, 0.29) is 47.4 Å². The van der Waals surface area contributed by atoms with Gasteiger partial charge in [-0.1, -0.05) is 117 Å². The molecule has 0 aliphatic carbocycles. The van der Waals surface area contributed by atoms with E-state index in [4.69, 9.17) is 0 Å². The summed E-state index contributed by atoms with van der Waals surface area (Å²) < 4.78 is 33.6. The maximum Gasteiger partial charge on any atom is 2.00 e. The molecule has 2 unspecified atom stereocenters. The summed E-state index contributed by atoms with van der Waals surface area (Å²) in [7, 11) is -7.23. The number of nitrogens with zero attached hydrogens (tertiary/aromatic N) is 7. The molecule has 4 aromatic heterocycles. The van der Waals surface area contributed by atoms with Crippen LogP contribution in [0.15, 0.2) is 176 Å². The van der Waals surface area contributed by atoms with E-state index >= 15 is 9.13 Å². The Morgan fingerprint density at radius 1 is 0.443 bits per heavy atom. The summed E-state index contributed by atoms with van der Waals surface area (Å²) in [5.74, 6) is 0.144. The Balaban J connectivity index is 0.00000257. The van der Waals surface area contributed by atoms with Gasteiger partial charge < -0.3 is 23.7 Å². The molecular weight excluding hydrogens is 1070 g/mol. The Kier molecular flexibility index (Phi) is 12.1. The van der Waals surface area contributed by atoms with E-state index in [1.807, 2.05) is 158 Å². The van der Waals surface area contributed by atoms with Gasteiger partial charge >= 0.3 is 41.5 Å². The smallest absolute Gasteiger partial charge is 0.326 e. The second-order valence-electron chi connectivity index (χ2n) is 13.6. The molecule has 0 aliphatic rings. The molecule has 10 aromatic rings. The van der Waals surface area contributed by atoms with Gasteiger partial charge in [0.2, 0.25) is 0 Å². The van der Waals surface area contributed by atoms with Crippen LogP contribution in [-0.4, -0.2) is 34.9 Å². The van der Waals surface area contributed by atoms with E-state index in [2.05, 4.69) is 54.6 Å². The van der Waals surface area contributed by atoms with Crippen molar-refractivity contribution < 1.29 is 50.6 Å². The van der Waals surface area contributed by atoms with Crippen LogP contribution < -0.4 is 31.8 Å². The van der Waals surface area contributed by atoms with E-state index in [0.717, 1.165) is 33.3 Å². The van der Waals surface area contributed by atoms with Gasteiger partial charge in [-0.2, -0.15) is 35.0 Å². The van der Waals surface area contributed by atoms with Crippen LogP contribution in [-0.2, 0) is 50.6 Å². The summed E-state index contributed by atoms with van der Waals surface area (Å²) in [6.07, 6.45) is 4.70. The van der Waals surface area contributed by atoms with Crippen molar-refractivity contribution in [3.05, 3.63) is 201 Å². The number of hydrogen-bond acceptors (Lipinski definition) is 8. The fourth-order valence-corrected chi connectivity index (χ4v) is 12.5. The van der Waals surface area contributed by atoms with Crippen LogP contribution in [0.25, 0.3) is 50.3 Å². The van der Waals surface area contributed by atoms with Crippen molar-refractivity contribution in [2.45, 2.75) is 0 Å². The molecule has 13 heteroatoms. The molecule has 0 bridgehead atoms. The Bertz CT molecular complexity index is 3040. The third kappa shape index (κ3) is 7.50. The molecule has 0 radical (unpaired) electrons. The van der Waals surface area contributed by atoms with Crippen LogP contribution in [0.4, 0.5) is 0 Å². The summed E-state index contributed by atoms with van der Waals surface area (Å²) in [4.78, 5) is 9.05. The van der Waals surface area contributed by atoms with Crippen molar-refractivity contribution in [3.63, 3.8) is 0 Å². The molecule has 0 fully saturated rings. The zero-order chi connectivity index (χ0) is 39.8. The quantitative estimate of drug-likeness (QED) is 0.0867. The molecule has 0 aliphatic heterocycles. The molecule has 0 saturated heterocycles. The average molecular weight is 1100 g/mol. The molecule has 0 saturated carbocycles. The first-order valence-electron chi connectivity index (χ1n) is 18.7. The Morgan fingerprint density at radius 2 is 0.869 bits per heavy atom. The summed E-state index contributed by atoms with van der Waals surface area (Å²) in [5, 5.41) is 21.5. The first-order valence-corrected chi connectivity index (χ1v) is 22.1. The molecule has 2 atom stereocenters. The number of benzene rings is 6. The molecule has 0 N–H and O–H groups in total. The summed E-state index contributed by atoms with van der Waals surface area (Å²) in [6.45, 7) is 0. The fourth-order valence-electron chi connectivity index (χ4n) is 7.41. The monoisotopic (exact) mass is 1100 g/mol. The molecule has 61 heavy (non-hydrogen) atoms. The molecule has 298 valence electrons. The van der Waals surface area contributed by atoms with Crippen LogP contribution >= 0.6 is 14.3 Å². The normalized spacial score (nSPS) is 13.0. The maximum atomic E-state index is 15.9. The third-order valence-corrected chi connectivity index (χ3v) is 16.0. The summed E-state index contributed by atoms with van der Waals surface area (Å²) >= 11 is 0. The van der Waals surface area contributed by atoms with Crippen LogP contribution in [0.1, 0.15) is 0 Å². The standard InChI is InChI=1S/C48H29N7O2P2.Pd.Pt/c56-58(36-15-3-1-4-16-36,38-19-11-13-34(29-38)44-21-7-9-27-49-44)40-23-25-42-43-26-24-41(32-47(43)55(46(42)31-40)48-53-51-33-52-54-48)59(57,37-17-5-2-6-18-37)39-20-12-14-35(30-39)45-22-8-10-28-50-45;;/h1-28,33H;;/q-4;2*+2. The zero-order valence-corrected chi connectivity index (χ0v) is 37.3. The van der Waals surface area contributed by atoms with E-state index in [1.165, 1.54) is 6.33 Å². The second-order valence-corrected chi connectivity index (χ2v) is 19.0. The average Bonchev–Trinajstić information content (AvgIpc) is 3.65. The topological polar surface area (TPSA) is 116 Å². The van der Waals surface area contributed by atoms with E-state index < -0.39 is 14.3 Å². The van der Waals surface area contributed by atoms with Gasteiger partial charge in [0.15, 0.2) is 6.33 Å². The third-order valence-electron chi connectivity index (χ3n) is 10.2. The maximum absolute atomic E-state index is 15.9. The van der Waals surface area contributed by atoms with Gasteiger partial charge in [0.25, 0.3) is 5.95 Å². The molecule has 6 aromatic carbocycles. The zero-order valence-electron chi connectivity index (χ0n) is 31.7. The minimum atomic E-state index is -3.62. The number of hydrogen-bond donors (Lipinski definition) is 0. The Morgan fingerprint density at radius 3 is 1.30 bits per heavy atom. The summed E-state index contributed by atoms with van der Waals surface area (Å²) in [6, 6.07) is 62.9. The summed E-state index contributed by atoms with van der Waals surface area (Å²) in [5.41, 5.74) is 3.92. The molecule has 0 spiro atoms. The Labute approximate surface area is 380 Å². The van der Waals surface area contributed by atoms with Gasteiger partial charge in [0.05, 0.1) is 0 Å². The SMILES string of the molecule is O=P(c1[c-]c(-c2ccccn2)ccc1)(c1[c-]c2c(cc1)c1ccc(P(=O)(c3[c-]c(-c4ccccn4)ccc3)c3ccccc3)[c-]c1n2-c1nncnn1)c1ccccc1.[Pd+2].[Pt+2]. The van der Waals surface area contributed by atoms with Gasteiger partial charge in [-0.3, -0.25) is 0 Å². The fraction of sp³-hybridized carbons (Fsp3) is 0. The molecule has 0 amide bonds. The number of rotatable bonds is 9. The van der Waals surface area contributed by atoms with Crippen LogP contribution in [0.3, 0.4) is 0 Å². The number of fused-ring (bicyclic) bond motifs is 3. The molecule has 4 heterocycles. The van der Waals surface area contributed by atoms with Crippen molar-refractivity contribution in [1.82, 2.24) is 34.9 Å². The molecule has 9 nitrogen and oxygen atoms in total. The second kappa shape index (κ2) is 17.6. The first kappa shape index (κ1) is 41.9. The minimum Gasteiger partial charge on any atom is -0.326 e. The van der Waals surface area contributed by atoms with Crippen LogP contribution in [0, 0.1) is 24.3 Å². The predicted molar refractivity (Wildman–Crippen MR) is 233 cm³/mol. The van der Waals surface area contributed by atoms with E-state index in [9.17, 15) is 0 Å². The van der Waals surface area contributed by atoms with E-state index in [0.29, 0.717) is 42.9 Å². The van der Waals surface area contributed by atoms with Gasteiger partial charge in [0, 0.05) is 23.0 Å². The van der Waals surface area contributed by atoms with Gasteiger partial charge in [-0.25, -0.2) is 0 Å². The van der Waals surface area contributed by atoms with Crippen molar-refractivity contribution >= 4 is 67.9 Å².